The monoisotopic (exact) mass is 330 g/mol. The molecule has 2 aromatic carbocycles. The van der Waals surface area contributed by atoms with Crippen molar-refractivity contribution in [3.63, 3.8) is 0 Å². The topological polar surface area (TPSA) is 15.3 Å². The van der Waals surface area contributed by atoms with E-state index < -0.39 is 0 Å². The van der Waals surface area contributed by atoms with Crippen LogP contribution >= 0.6 is 15.9 Å². The van der Waals surface area contributed by atoms with Gasteiger partial charge in [0.1, 0.15) is 0 Å². The van der Waals surface area contributed by atoms with Crippen LogP contribution in [0.5, 0.6) is 0 Å². The van der Waals surface area contributed by atoms with Crippen LogP contribution in [0.2, 0.25) is 0 Å². The van der Waals surface area contributed by atoms with E-state index in [4.69, 9.17) is 0 Å². The first kappa shape index (κ1) is 13.7. The van der Waals surface area contributed by atoms with Gasteiger partial charge in [0.15, 0.2) is 0 Å². The van der Waals surface area contributed by atoms with Crippen LogP contribution in [0.3, 0.4) is 0 Å². The molecule has 0 unspecified atom stereocenters. The zero-order chi connectivity index (χ0) is 13.9. The molecule has 0 radical (unpaired) electrons. The first-order valence-corrected chi connectivity index (χ1v) is 7.87. The van der Waals surface area contributed by atoms with Crippen LogP contribution in [0.1, 0.15) is 17.5 Å². The summed E-state index contributed by atoms with van der Waals surface area (Å²) in [7, 11) is 1.97. The number of rotatable bonds is 3. The second-order valence-electron chi connectivity index (χ2n) is 5.20. The third-order valence-corrected chi connectivity index (χ3v) is 4.43. The zero-order valence-corrected chi connectivity index (χ0v) is 13.3. The molecule has 0 aliphatic carbocycles. The summed E-state index contributed by atoms with van der Waals surface area (Å²) in [6.07, 6.45) is 2.39. The zero-order valence-electron chi connectivity index (χ0n) is 11.7. The second-order valence-corrected chi connectivity index (χ2v) is 6.05. The summed E-state index contributed by atoms with van der Waals surface area (Å²) < 4.78 is 1.17. The fourth-order valence-corrected chi connectivity index (χ4v) is 3.51. The minimum Gasteiger partial charge on any atom is -0.340 e. The third kappa shape index (κ3) is 2.60. The number of anilines is 2. The Labute approximate surface area is 128 Å². The van der Waals surface area contributed by atoms with Gasteiger partial charge in [-0.15, -0.1) is 0 Å². The van der Waals surface area contributed by atoms with Crippen molar-refractivity contribution in [1.29, 1.82) is 0 Å². The van der Waals surface area contributed by atoms with Crippen molar-refractivity contribution in [2.75, 3.05) is 18.5 Å². The van der Waals surface area contributed by atoms with Crippen LogP contribution in [0.4, 0.5) is 11.4 Å². The first-order chi connectivity index (χ1) is 9.79. The Hall–Kier alpha value is -1.32. The lowest BCUT2D eigenvalue weighted by atomic mass is 10.0. The van der Waals surface area contributed by atoms with Gasteiger partial charge in [0.05, 0.1) is 5.69 Å². The minimum atomic E-state index is 0.898. The smallest absolute Gasteiger partial charge is 0.0555 e. The Kier molecular flexibility index (Phi) is 4.08. The van der Waals surface area contributed by atoms with Crippen LogP contribution in [0, 0.1) is 0 Å². The Morgan fingerprint density at radius 1 is 1.15 bits per heavy atom. The Morgan fingerprint density at radius 2 is 2.00 bits per heavy atom. The van der Waals surface area contributed by atoms with E-state index in [1.807, 2.05) is 7.05 Å². The van der Waals surface area contributed by atoms with Crippen molar-refractivity contribution in [2.45, 2.75) is 19.4 Å². The molecule has 2 aromatic rings. The molecular formula is C17H19BrN2. The number of hydrogen-bond acceptors (Lipinski definition) is 2. The van der Waals surface area contributed by atoms with Gasteiger partial charge >= 0.3 is 0 Å². The molecule has 0 amide bonds. The van der Waals surface area contributed by atoms with Crippen molar-refractivity contribution in [3.8, 4) is 0 Å². The minimum absolute atomic E-state index is 0.898. The van der Waals surface area contributed by atoms with Gasteiger partial charge in [-0.2, -0.15) is 0 Å². The van der Waals surface area contributed by atoms with Crippen LogP contribution in [-0.2, 0) is 13.0 Å². The molecule has 3 heteroatoms. The summed E-state index contributed by atoms with van der Waals surface area (Å²) in [6, 6.07) is 15.4. The van der Waals surface area contributed by atoms with Crippen molar-refractivity contribution in [3.05, 3.63) is 58.1 Å². The van der Waals surface area contributed by atoms with E-state index in [0.29, 0.717) is 0 Å². The van der Waals surface area contributed by atoms with Crippen LogP contribution in [-0.4, -0.2) is 13.6 Å². The summed E-state index contributed by atoms with van der Waals surface area (Å²) in [5.41, 5.74) is 5.36. The molecule has 104 valence electrons. The van der Waals surface area contributed by atoms with E-state index in [2.05, 4.69) is 68.6 Å². The first-order valence-electron chi connectivity index (χ1n) is 7.08. The van der Waals surface area contributed by atoms with Crippen LogP contribution in [0.25, 0.3) is 0 Å². The van der Waals surface area contributed by atoms with Gasteiger partial charge in [-0.1, -0.05) is 24.3 Å². The fraction of sp³-hybridized carbons (Fsp3) is 0.294. The van der Waals surface area contributed by atoms with Crippen molar-refractivity contribution >= 4 is 27.3 Å². The van der Waals surface area contributed by atoms with E-state index in [1.54, 1.807) is 0 Å². The number of fused-ring (bicyclic) bond motifs is 1. The van der Waals surface area contributed by atoms with Crippen molar-refractivity contribution in [2.24, 2.45) is 0 Å². The van der Waals surface area contributed by atoms with Crippen LogP contribution in [0.15, 0.2) is 46.9 Å². The van der Waals surface area contributed by atoms with E-state index in [9.17, 15) is 0 Å². The normalized spacial score (nSPS) is 14.2. The molecule has 0 fully saturated rings. The third-order valence-electron chi connectivity index (χ3n) is 3.79. The molecule has 3 rings (SSSR count). The molecule has 1 aliphatic rings. The number of nitrogens with one attached hydrogen (secondary N) is 1. The average Bonchev–Trinajstić information content (AvgIpc) is 2.47. The average molecular weight is 331 g/mol. The van der Waals surface area contributed by atoms with Gasteiger partial charge in [0.25, 0.3) is 0 Å². The van der Waals surface area contributed by atoms with E-state index in [-0.39, 0.29) is 0 Å². The van der Waals surface area contributed by atoms with Crippen molar-refractivity contribution < 1.29 is 0 Å². The summed E-state index contributed by atoms with van der Waals surface area (Å²) in [6.45, 7) is 1.98. The maximum atomic E-state index is 3.74. The van der Waals surface area contributed by atoms with Crippen molar-refractivity contribution in [1.82, 2.24) is 5.32 Å². The molecular weight excluding hydrogens is 312 g/mol. The molecule has 0 atom stereocenters. The number of nitrogens with zero attached hydrogens (tertiary/aromatic N) is 1. The molecule has 0 saturated carbocycles. The number of benzene rings is 2. The quantitative estimate of drug-likeness (QED) is 0.904. The summed E-state index contributed by atoms with van der Waals surface area (Å²) in [4.78, 5) is 2.42. The lowest BCUT2D eigenvalue weighted by Crippen LogP contribution is -2.24. The van der Waals surface area contributed by atoms with Gasteiger partial charge in [-0.3, -0.25) is 0 Å². The summed E-state index contributed by atoms with van der Waals surface area (Å²) in [5, 5.41) is 3.19. The highest BCUT2D eigenvalue weighted by Gasteiger charge is 2.19. The predicted molar refractivity (Wildman–Crippen MR) is 88.7 cm³/mol. The number of para-hydroxylation sites is 1. The molecule has 1 N–H and O–H groups in total. The fourth-order valence-electron chi connectivity index (χ4n) is 2.87. The lowest BCUT2D eigenvalue weighted by molar-refractivity contribution is 0.765. The Balaban J connectivity index is 1.98. The summed E-state index contributed by atoms with van der Waals surface area (Å²) in [5.74, 6) is 0. The van der Waals surface area contributed by atoms with E-state index in [1.165, 1.54) is 39.8 Å². The van der Waals surface area contributed by atoms with Gasteiger partial charge in [-0.25, -0.2) is 0 Å². The largest absolute Gasteiger partial charge is 0.340 e. The highest BCUT2D eigenvalue weighted by Crippen LogP contribution is 2.37. The molecule has 2 nitrogen and oxygen atoms in total. The molecule has 0 bridgehead atoms. The molecule has 1 aliphatic heterocycles. The number of aryl methyl sites for hydroxylation is 1. The van der Waals surface area contributed by atoms with E-state index >= 15 is 0 Å². The maximum absolute atomic E-state index is 3.74. The maximum Gasteiger partial charge on any atom is 0.0555 e. The van der Waals surface area contributed by atoms with Gasteiger partial charge in [0, 0.05) is 23.2 Å². The molecule has 0 spiro atoms. The predicted octanol–water partition coefficient (Wildman–Crippen LogP) is 4.25. The molecule has 1 heterocycles. The Bertz CT molecular complexity index is 610. The highest BCUT2D eigenvalue weighted by molar-refractivity contribution is 9.10. The van der Waals surface area contributed by atoms with Gasteiger partial charge < -0.3 is 10.2 Å². The SMILES string of the molecule is CNCc1ccc(N2CCCc3ccccc32)c(Br)c1. The molecule has 20 heavy (non-hydrogen) atoms. The second kappa shape index (κ2) is 5.98. The number of hydrogen-bond donors (Lipinski definition) is 1. The van der Waals surface area contributed by atoms with E-state index in [0.717, 1.165) is 13.1 Å². The van der Waals surface area contributed by atoms with Crippen LogP contribution < -0.4 is 10.2 Å². The Morgan fingerprint density at radius 3 is 2.80 bits per heavy atom. The summed E-state index contributed by atoms with van der Waals surface area (Å²) >= 11 is 3.74. The lowest BCUT2D eigenvalue weighted by Gasteiger charge is -2.32. The molecule has 0 aromatic heterocycles. The van der Waals surface area contributed by atoms with Gasteiger partial charge in [0.2, 0.25) is 0 Å². The highest BCUT2D eigenvalue weighted by atomic mass is 79.9. The van der Waals surface area contributed by atoms with Gasteiger partial charge in [-0.05, 0) is 65.1 Å². The number of halogens is 1. The standard InChI is InChI=1S/C17H19BrN2/c1-19-12-13-8-9-17(15(18)11-13)20-10-4-6-14-5-2-3-7-16(14)20/h2-3,5,7-9,11,19H,4,6,10,12H2,1H3. The molecule has 0 saturated heterocycles.